The van der Waals surface area contributed by atoms with Gasteiger partial charge in [-0.3, -0.25) is 4.99 Å². The Morgan fingerprint density at radius 3 is 2.69 bits per heavy atom. The highest BCUT2D eigenvalue weighted by Gasteiger charge is 2.22. The number of rotatable bonds is 12. The van der Waals surface area contributed by atoms with Crippen LogP contribution < -0.4 is 10.4 Å². The summed E-state index contributed by atoms with van der Waals surface area (Å²) in [6.45, 7) is 22.3. The summed E-state index contributed by atoms with van der Waals surface area (Å²) in [5.41, 5.74) is 3.17. The molecule has 1 aromatic carbocycles. The average Bonchev–Trinajstić information content (AvgIpc) is 3.05. The van der Waals surface area contributed by atoms with Crippen LogP contribution in [0, 0.1) is 17.7 Å². The highest BCUT2D eigenvalue weighted by Crippen LogP contribution is 2.36. The molecule has 4 unspecified atom stereocenters. The van der Waals surface area contributed by atoms with E-state index in [1.54, 1.807) is 6.07 Å². The van der Waals surface area contributed by atoms with E-state index in [0.717, 1.165) is 46.1 Å². The summed E-state index contributed by atoms with van der Waals surface area (Å²) in [7, 11) is 2.55. The fourth-order valence-corrected chi connectivity index (χ4v) is 5.50. The van der Waals surface area contributed by atoms with Crippen molar-refractivity contribution in [3.8, 4) is 0 Å². The van der Waals surface area contributed by atoms with Gasteiger partial charge in [0.2, 0.25) is 0 Å². The Balaban J connectivity index is 2.40. The minimum Gasteiger partial charge on any atom is -0.495 e. The Morgan fingerprint density at radius 1 is 1.28 bits per heavy atom. The summed E-state index contributed by atoms with van der Waals surface area (Å²) in [4.78, 5) is 7.07. The van der Waals surface area contributed by atoms with Gasteiger partial charge in [-0.15, -0.1) is 6.58 Å². The lowest BCUT2D eigenvalue weighted by Crippen LogP contribution is -2.29. The summed E-state index contributed by atoms with van der Waals surface area (Å²) in [5, 5.41) is 2.59. The normalized spacial score (nSPS) is 21.3. The van der Waals surface area contributed by atoms with E-state index in [9.17, 15) is 0 Å². The van der Waals surface area contributed by atoms with E-state index in [0.29, 0.717) is 45.2 Å². The van der Waals surface area contributed by atoms with Crippen LogP contribution in [0.4, 0.5) is 4.39 Å². The van der Waals surface area contributed by atoms with Crippen LogP contribution in [0.3, 0.4) is 0 Å². The molecule has 4 atom stereocenters. The Morgan fingerprint density at radius 2 is 2.03 bits per heavy atom. The van der Waals surface area contributed by atoms with Crippen molar-refractivity contribution in [2.75, 3.05) is 26.9 Å². The van der Waals surface area contributed by atoms with E-state index in [2.05, 4.69) is 65.5 Å². The molecule has 0 aromatic heterocycles. The zero-order valence-corrected chi connectivity index (χ0v) is 26.3. The quantitative estimate of drug-likeness (QED) is 0.152. The van der Waals surface area contributed by atoms with Crippen molar-refractivity contribution < 1.29 is 9.13 Å². The van der Waals surface area contributed by atoms with Crippen molar-refractivity contribution in [2.24, 2.45) is 16.8 Å². The van der Waals surface area contributed by atoms with Gasteiger partial charge in [-0.1, -0.05) is 65.8 Å². The zero-order chi connectivity index (χ0) is 28.9. The molecule has 3 nitrogen and oxygen atoms in total. The number of hydrogen-bond donors (Lipinski definition) is 0. The van der Waals surface area contributed by atoms with Gasteiger partial charge in [-0.2, -0.15) is 0 Å². The van der Waals surface area contributed by atoms with Crippen molar-refractivity contribution in [3.63, 3.8) is 0 Å². The van der Waals surface area contributed by atoms with Gasteiger partial charge < -0.3 is 9.64 Å². The molecule has 5 heteroatoms. The highest BCUT2D eigenvalue weighted by molar-refractivity contribution is 7.42. The van der Waals surface area contributed by atoms with Gasteiger partial charge in [0.1, 0.15) is 18.2 Å². The third kappa shape index (κ3) is 10.2. The molecule has 214 valence electrons. The Hall–Kier alpha value is -2.45. The first-order chi connectivity index (χ1) is 18.6. The summed E-state index contributed by atoms with van der Waals surface area (Å²) in [6, 6.07) is 5.48. The average molecular weight is 553 g/mol. The number of halogens is 1. The number of ether oxygens (including phenoxy) is 1. The van der Waals surface area contributed by atoms with Crippen LogP contribution in [-0.4, -0.2) is 43.5 Å². The summed E-state index contributed by atoms with van der Waals surface area (Å²) in [6.07, 6.45) is 13.3. The minimum absolute atomic E-state index is 0.223. The fourth-order valence-electron chi connectivity index (χ4n) is 4.60. The molecule has 0 N–H and O–H groups in total. The summed E-state index contributed by atoms with van der Waals surface area (Å²) < 4.78 is 21.4. The predicted octanol–water partition coefficient (Wildman–Crippen LogP) is 7.59. The maximum atomic E-state index is 15.0. The Kier molecular flexibility index (Phi) is 14.0. The van der Waals surface area contributed by atoms with Crippen molar-refractivity contribution in [3.05, 3.63) is 82.1 Å². The van der Waals surface area contributed by atoms with Gasteiger partial charge in [0.15, 0.2) is 0 Å². The number of aliphatic imine (C=N–C) groups is 1. The highest BCUT2D eigenvalue weighted by atomic mass is 31.1. The second kappa shape index (κ2) is 16.6. The monoisotopic (exact) mass is 552 g/mol. The Labute approximate surface area is 238 Å². The van der Waals surface area contributed by atoms with Crippen LogP contribution in [0.5, 0.6) is 0 Å². The summed E-state index contributed by atoms with van der Waals surface area (Å²) >= 11 is 0. The number of likely N-dealkylation sites (N-methyl/N-ethyl adjacent to an activating group) is 1. The fraction of sp³-hybridized carbons (Fsp3) is 0.500. The molecule has 0 amide bonds. The van der Waals surface area contributed by atoms with E-state index in [4.69, 9.17) is 9.73 Å². The van der Waals surface area contributed by atoms with Crippen LogP contribution in [0.15, 0.2) is 70.8 Å². The molecule has 0 bridgehead atoms. The van der Waals surface area contributed by atoms with E-state index in [-0.39, 0.29) is 11.9 Å². The lowest BCUT2D eigenvalue weighted by Gasteiger charge is -2.24. The largest absolute Gasteiger partial charge is 0.495 e. The van der Waals surface area contributed by atoms with Crippen LogP contribution in [0.25, 0.3) is 12.2 Å². The van der Waals surface area contributed by atoms with Crippen LogP contribution in [-0.2, 0) is 4.74 Å². The van der Waals surface area contributed by atoms with E-state index < -0.39 is 0 Å². The zero-order valence-electron chi connectivity index (χ0n) is 25.3. The van der Waals surface area contributed by atoms with Gasteiger partial charge in [0.25, 0.3) is 0 Å². The second-order valence-corrected chi connectivity index (χ2v) is 11.9. The smallest absolute Gasteiger partial charge is 0.131 e. The van der Waals surface area contributed by atoms with Gasteiger partial charge in [-0.25, -0.2) is 4.39 Å². The predicted molar refractivity (Wildman–Crippen MR) is 172 cm³/mol. The first-order valence-corrected chi connectivity index (χ1v) is 15.8. The van der Waals surface area contributed by atoms with E-state index in [1.165, 1.54) is 18.9 Å². The van der Waals surface area contributed by atoms with E-state index >= 15 is 4.39 Å². The molecule has 39 heavy (non-hydrogen) atoms. The first-order valence-electron chi connectivity index (χ1n) is 14.3. The molecule has 2 rings (SSSR count). The first kappa shape index (κ1) is 32.8. The van der Waals surface area contributed by atoms with Gasteiger partial charge in [-0.05, 0) is 81.5 Å². The third-order valence-corrected chi connectivity index (χ3v) is 8.79. The Bertz CT molecular complexity index is 1200. The molecule has 0 aliphatic carbocycles. The lowest BCUT2D eigenvalue weighted by molar-refractivity contribution is 0.165. The number of benzene rings is 1. The molecule has 1 aliphatic heterocycles. The lowest BCUT2D eigenvalue weighted by atomic mass is 9.94. The van der Waals surface area contributed by atoms with Crippen LogP contribution in [0.1, 0.15) is 66.7 Å². The van der Waals surface area contributed by atoms with Crippen LogP contribution in [0.2, 0.25) is 0 Å². The maximum absolute atomic E-state index is 15.0. The maximum Gasteiger partial charge on any atom is 0.131 e. The molecular weight excluding hydrogens is 502 g/mol. The van der Waals surface area contributed by atoms with Crippen molar-refractivity contribution >= 4 is 26.4 Å². The SMILES string of the molecule is C=CC(C)CCC(C)CCC(C)=NC/C=C(/C=c1/c(F)ccc/c1=C/C)C(\PC)=C1/CC(=C)N(C)C(C)CO1. The van der Waals surface area contributed by atoms with Crippen molar-refractivity contribution in [1.29, 1.82) is 0 Å². The number of allylic oxidation sites excluding steroid dienone is 3. The topological polar surface area (TPSA) is 24.8 Å². The molecule has 0 saturated carbocycles. The molecule has 1 saturated heterocycles. The molecule has 0 spiro atoms. The molecule has 1 aliphatic rings. The molecule has 1 aromatic rings. The van der Waals surface area contributed by atoms with Gasteiger partial charge in [0.05, 0.1) is 12.6 Å². The van der Waals surface area contributed by atoms with E-state index in [1.807, 2.05) is 31.2 Å². The van der Waals surface area contributed by atoms with Gasteiger partial charge in [0, 0.05) is 35.4 Å². The van der Waals surface area contributed by atoms with Gasteiger partial charge >= 0.3 is 0 Å². The standard InChI is InChI=1S/C34H50FN2OP/c1-10-24(3)15-16-25(4)17-18-26(5)36-20-19-30(22-31-29(11-2)13-12-14-32(31)35)34(39-9)33-21-27(6)37(8)28(7)23-38-33/h10-14,19,22,24-25,28,39H,1,6,15-18,20-21,23H2,2-5,7-9H3/b29-11-,30-19-,31-22+,34-33-,36-26?. The molecule has 0 radical (unpaired) electrons. The number of nitrogens with zero attached hydrogens (tertiary/aromatic N) is 2. The second-order valence-electron chi connectivity index (χ2n) is 10.9. The molecule has 1 fully saturated rings. The molecule has 1 heterocycles. The summed E-state index contributed by atoms with van der Waals surface area (Å²) in [5.74, 6) is 1.95. The number of hydrogen-bond acceptors (Lipinski definition) is 3. The van der Waals surface area contributed by atoms with Crippen molar-refractivity contribution in [2.45, 2.75) is 72.8 Å². The third-order valence-electron chi connectivity index (χ3n) is 7.73. The van der Waals surface area contributed by atoms with Crippen molar-refractivity contribution in [1.82, 2.24) is 4.90 Å². The molecular formula is C34H50FN2OP. The minimum atomic E-state index is -0.223. The van der Waals surface area contributed by atoms with Crippen LogP contribution >= 0.6 is 8.58 Å².